The van der Waals surface area contributed by atoms with Crippen molar-refractivity contribution in [1.82, 2.24) is 9.97 Å². The molecule has 5 heteroatoms. The molecule has 0 amide bonds. The highest BCUT2D eigenvalue weighted by atomic mass is 32.1. The lowest BCUT2D eigenvalue weighted by atomic mass is 10.3. The molecule has 0 aliphatic carbocycles. The monoisotopic (exact) mass is 234 g/mol. The summed E-state index contributed by atoms with van der Waals surface area (Å²) in [4.78, 5) is 19.8. The van der Waals surface area contributed by atoms with Crippen LogP contribution < -0.4 is 0 Å². The number of carbonyl (C=O) groups is 1. The van der Waals surface area contributed by atoms with Crippen molar-refractivity contribution in [2.75, 3.05) is 0 Å². The standard InChI is InChI=1S/C11H10N2O2S/c1-2-8-9(11(14)15)13-10(16-8)7-3-5-12-6-4-7/h3-6H,2H2,1H3,(H,14,15). The number of carboxylic acids is 1. The normalized spacial score (nSPS) is 10.3. The molecule has 16 heavy (non-hydrogen) atoms. The fourth-order valence-corrected chi connectivity index (χ4v) is 2.37. The number of carboxylic acid groups (broad SMARTS) is 1. The van der Waals surface area contributed by atoms with E-state index in [0.29, 0.717) is 6.42 Å². The Morgan fingerprint density at radius 2 is 2.12 bits per heavy atom. The highest BCUT2D eigenvalue weighted by molar-refractivity contribution is 7.15. The fourth-order valence-electron chi connectivity index (χ4n) is 1.38. The highest BCUT2D eigenvalue weighted by Gasteiger charge is 2.16. The minimum atomic E-state index is -0.964. The van der Waals surface area contributed by atoms with Gasteiger partial charge in [-0.1, -0.05) is 6.92 Å². The summed E-state index contributed by atoms with van der Waals surface area (Å²) in [5.74, 6) is -0.964. The first-order valence-corrected chi connectivity index (χ1v) is 5.67. The van der Waals surface area contributed by atoms with Gasteiger partial charge in [0.15, 0.2) is 5.69 Å². The molecule has 0 aromatic carbocycles. The van der Waals surface area contributed by atoms with Gasteiger partial charge in [-0.2, -0.15) is 0 Å². The van der Waals surface area contributed by atoms with Crippen LogP contribution in [0.3, 0.4) is 0 Å². The average molecular weight is 234 g/mol. The van der Waals surface area contributed by atoms with Gasteiger partial charge in [-0.3, -0.25) is 4.98 Å². The van der Waals surface area contributed by atoms with E-state index < -0.39 is 5.97 Å². The maximum absolute atomic E-state index is 11.0. The molecular formula is C11H10N2O2S. The van der Waals surface area contributed by atoms with Gasteiger partial charge in [0.25, 0.3) is 0 Å². The molecule has 0 aliphatic rings. The van der Waals surface area contributed by atoms with Crippen molar-refractivity contribution in [2.45, 2.75) is 13.3 Å². The smallest absolute Gasteiger partial charge is 0.355 e. The quantitative estimate of drug-likeness (QED) is 0.886. The van der Waals surface area contributed by atoms with Crippen molar-refractivity contribution in [1.29, 1.82) is 0 Å². The summed E-state index contributed by atoms with van der Waals surface area (Å²) in [5, 5.41) is 9.72. The lowest BCUT2D eigenvalue weighted by molar-refractivity contribution is 0.0690. The van der Waals surface area contributed by atoms with E-state index in [1.165, 1.54) is 11.3 Å². The van der Waals surface area contributed by atoms with Gasteiger partial charge in [0.2, 0.25) is 0 Å². The summed E-state index contributed by atoms with van der Waals surface area (Å²) < 4.78 is 0. The van der Waals surface area contributed by atoms with Crippen molar-refractivity contribution in [3.63, 3.8) is 0 Å². The Hall–Kier alpha value is -1.75. The number of hydrogen-bond donors (Lipinski definition) is 1. The summed E-state index contributed by atoms with van der Waals surface area (Å²) >= 11 is 1.42. The molecule has 0 aliphatic heterocycles. The Balaban J connectivity index is 2.48. The van der Waals surface area contributed by atoms with Crippen molar-refractivity contribution in [3.8, 4) is 10.6 Å². The van der Waals surface area contributed by atoms with Crippen molar-refractivity contribution in [2.24, 2.45) is 0 Å². The largest absolute Gasteiger partial charge is 0.476 e. The van der Waals surface area contributed by atoms with E-state index in [1.807, 2.05) is 19.1 Å². The Kier molecular flexibility index (Phi) is 2.96. The SMILES string of the molecule is CCc1sc(-c2ccncc2)nc1C(=O)O. The minimum Gasteiger partial charge on any atom is -0.476 e. The zero-order valence-corrected chi connectivity index (χ0v) is 9.49. The molecular weight excluding hydrogens is 224 g/mol. The van der Waals surface area contributed by atoms with Crippen LogP contribution in [-0.2, 0) is 6.42 Å². The van der Waals surface area contributed by atoms with Gasteiger partial charge in [0.1, 0.15) is 5.01 Å². The molecule has 0 fully saturated rings. The number of aromatic carboxylic acids is 1. The molecule has 2 aromatic heterocycles. The molecule has 0 saturated carbocycles. The van der Waals surface area contributed by atoms with Crippen molar-refractivity contribution >= 4 is 17.3 Å². The second-order valence-corrected chi connectivity index (χ2v) is 4.27. The van der Waals surface area contributed by atoms with Crippen molar-refractivity contribution in [3.05, 3.63) is 35.1 Å². The Bertz CT molecular complexity index is 508. The average Bonchev–Trinajstić information content (AvgIpc) is 2.74. The number of rotatable bonds is 3. The van der Waals surface area contributed by atoms with Crippen molar-refractivity contribution < 1.29 is 9.90 Å². The summed E-state index contributed by atoms with van der Waals surface area (Å²) in [5.41, 5.74) is 1.07. The lowest BCUT2D eigenvalue weighted by Gasteiger charge is -1.92. The molecule has 0 saturated heterocycles. The number of nitrogens with zero attached hydrogens (tertiary/aromatic N) is 2. The van der Waals surface area contributed by atoms with E-state index in [1.54, 1.807) is 12.4 Å². The van der Waals surface area contributed by atoms with Crippen LogP contribution in [0.1, 0.15) is 22.3 Å². The van der Waals surface area contributed by atoms with Gasteiger partial charge in [0.05, 0.1) is 0 Å². The van der Waals surface area contributed by atoms with Crippen LogP contribution in [0.15, 0.2) is 24.5 Å². The molecule has 0 unspecified atom stereocenters. The van der Waals surface area contributed by atoms with Crippen LogP contribution in [0.5, 0.6) is 0 Å². The zero-order valence-electron chi connectivity index (χ0n) is 8.67. The molecule has 0 spiro atoms. The summed E-state index contributed by atoms with van der Waals surface area (Å²) in [6.07, 6.45) is 4.02. The Morgan fingerprint density at radius 1 is 1.44 bits per heavy atom. The van der Waals surface area contributed by atoms with E-state index in [9.17, 15) is 4.79 Å². The molecule has 2 heterocycles. The maximum Gasteiger partial charge on any atom is 0.355 e. The predicted octanol–water partition coefficient (Wildman–Crippen LogP) is 2.47. The van der Waals surface area contributed by atoms with E-state index in [4.69, 9.17) is 5.11 Å². The maximum atomic E-state index is 11.0. The number of aryl methyl sites for hydroxylation is 1. The summed E-state index contributed by atoms with van der Waals surface area (Å²) in [6, 6.07) is 3.65. The summed E-state index contributed by atoms with van der Waals surface area (Å²) in [6.45, 7) is 1.93. The molecule has 2 rings (SSSR count). The number of hydrogen-bond acceptors (Lipinski definition) is 4. The molecule has 2 aromatic rings. The first kappa shape index (κ1) is 10.8. The van der Waals surface area contributed by atoms with E-state index in [2.05, 4.69) is 9.97 Å². The van der Waals surface area contributed by atoms with E-state index in [-0.39, 0.29) is 5.69 Å². The van der Waals surface area contributed by atoms with Crippen LogP contribution in [0.4, 0.5) is 0 Å². The second kappa shape index (κ2) is 4.40. The van der Waals surface area contributed by atoms with Gasteiger partial charge >= 0.3 is 5.97 Å². The second-order valence-electron chi connectivity index (χ2n) is 3.19. The number of pyridine rings is 1. The fraction of sp³-hybridized carbons (Fsp3) is 0.182. The third-order valence-electron chi connectivity index (χ3n) is 2.15. The van der Waals surface area contributed by atoms with Crippen LogP contribution in [0, 0.1) is 0 Å². The molecule has 0 bridgehead atoms. The van der Waals surface area contributed by atoms with Gasteiger partial charge < -0.3 is 5.11 Å². The van der Waals surface area contributed by atoms with Crippen LogP contribution in [0.2, 0.25) is 0 Å². The molecule has 4 nitrogen and oxygen atoms in total. The Morgan fingerprint density at radius 3 is 2.62 bits per heavy atom. The zero-order chi connectivity index (χ0) is 11.5. The summed E-state index contributed by atoms with van der Waals surface area (Å²) in [7, 11) is 0. The van der Waals surface area contributed by atoms with Crippen LogP contribution in [-0.4, -0.2) is 21.0 Å². The van der Waals surface area contributed by atoms with Crippen LogP contribution >= 0.6 is 11.3 Å². The number of aromatic nitrogens is 2. The van der Waals surface area contributed by atoms with E-state index >= 15 is 0 Å². The predicted molar refractivity (Wildman–Crippen MR) is 61.7 cm³/mol. The van der Waals surface area contributed by atoms with Crippen LogP contribution in [0.25, 0.3) is 10.6 Å². The third kappa shape index (κ3) is 1.94. The van der Waals surface area contributed by atoms with Gasteiger partial charge in [-0.15, -0.1) is 11.3 Å². The van der Waals surface area contributed by atoms with E-state index in [0.717, 1.165) is 15.4 Å². The van der Waals surface area contributed by atoms with Gasteiger partial charge in [-0.25, -0.2) is 9.78 Å². The van der Waals surface area contributed by atoms with Gasteiger partial charge in [-0.05, 0) is 18.6 Å². The molecule has 0 radical (unpaired) electrons. The lowest BCUT2D eigenvalue weighted by Crippen LogP contribution is -1.99. The Labute approximate surface area is 96.6 Å². The first-order valence-electron chi connectivity index (χ1n) is 4.85. The first-order chi connectivity index (χ1) is 7.72. The third-order valence-corrected chi connectivity index (χ3v) is 3.40. The molecule has 1 N–H and O–H groups in total. The number of thiazole rings is 1. The molecule has 0 atom stereocenters. The van der Waals surface area contributed by atoms with Gasteiger partial charge in [0, 0.05) is 22.8 Å². The highest BCUT2D eigenvalue weighted by Crippen LogP contribution is 2.28. The molecule has 82 valence electrons. The minimum absolute atomic E-state index is 0.166. The topological polar surface area (TPSA) is 63.1 Å².